The van der Waals surface area contributed by atoms with Crippen molar-refractivity contribution in [3.05, 3.63) is 0 Å². The Morgan fingerprint density at radius 1 is 1.22 bits per heavy atom. The van der Waals surface area contributed by atoms with Crippen LogP contribution in [0.25, 0.3) is 0 Å². The lowest BCUT2D eigenvalue weighted by atomic mass is 9.97. The maximum absolute atomic E-state index is 11.1. The second-order valence-electron chi connectivity index (χ2n) is 4.68. The van der Waals surface area contributed by atoms with Crippen LogP contribution in [-0.4, -0.2) is 35.1 Å². The second kappa shape index (κ2) is 7.68. The minimum Gasteiger partial charge on any atom is -0.481 e. The molecule has 2 atom stereocenters. The summed E-state index contributed by atoms with van der Waals surface area (Å²) in [6, 6.07) is -0.702. The summed E-state index contributed by atoms with van der Waals surface area (Å²) in [7, 11) is 0. The van der Waals surface area contributed by atoms with Gasteiger partial charge in [0.05, 0.1) is 12.5 Å². The molecule has 0 radical (unpaired) electrons. The molecule has 0 fully saturated rings. The zero-order valence-electron chi connectivity index (χ0n) is 11.2. The van der Waals surface area contributed by atoms with Crippen LogP contribution in [0.15, 0.2) is 0 Å². The first-order valence-electron chi connectivity index (χ1n) is 5.88. The molecule has 0 aliphatic heterocycles. The predicted octanol–water partition coefficient (Wildman–Crippen LogP) is 0.944. The summed E-state index contributed by atoms with van der Waals surface area (Å²) in [6.45, 7) is 6.43. The van der Waals surface area contributed by atoms with E-state index in [1.54, 1.807) is 0 Å². The lowest BCUT2D eigenvalue weighted by molar-refractivity contribution is -0.152. The van der Waals surface area contributed by atoms with Gasteiger partial charge in [-0.3, -0.25) is 14.4 Å². The number of esters is 1. The maximum atomic E-state index is 11.1. The fourth-order valence-corrected chi connectivity index (χ4v) is 1.70. The fraction of sp³-hybridized carbons (Fsp3) is 0.750. The molecule has 2 N–H and O–H groups in total. The quantitative estimate of drug-likeness (QED) is 0.664. The normalized spacial score (nSPS) is 13.8. The van der Waals surface area contributed by atoms with E-state index in [9.17, 15) is 14.4 Å². The standard InChI is InChI=1S/C12H21NO5/c1-7(2)5-11(18-9(4)15)10(6-12(16)17)13-8(3)14/h7,10-11H,5-6H2,1-4H3,(H,13,14)(H,16,17)/t10-,11+/m0/s1. The molecule has 0 saturated heterocycles. The van der Waals surface area contributed by atoms with Crippen molar-refractivity contribution < 1.29 is 24.2 Å². The van der Waals surface area contributed by atoms with Crippen LogP contribution in [0.1, 0.15) is 40.5 Å². The van der Waals surface area contributed by atoms with Gasteiger partial charge in [-0.05, 0) is 12.3 Å². The van der Waals surface area contributed by atoms with E-state index in [4.69, 9.17) is 9.84 Å². The van der Waals surface area contributed by atoms with Crippen molar-refractivity contribution in [2.45, 2.75) is 52.7 Å². The van der Waals surface area contributed by atoms with Crippen molar-refractivity contribution in [3.63, 3.8) is 0 Å². The van der Waals surface area contributed by atoms with Crippen LogP contribution in [0.5, 0.6) is 0 Å². The first-order chi connectivity index (χ1) is 8.22. The lowest BCUT2D eigenvalue weighted by Crippen LogP contribution is -2.46. The summed E-state index contributed by atoms with van der Waals surface area (Å²) < 4.78 is 5.11. The van der Waals surface area contributed by atoms with Crippen LogP contribution in [0.3, 0.4) is 0 Å². The summed E-state index contributed by atoms with van der Waals surface area (Å²) in [4.78, 5) is 32.9. The number of hydrogen-bond acceptors (Lipinski definition) is 4. The van der Waals surface area contributed by atoms with E-state index >= 15 is 0 Å². The largest absolute Gasteiger partial charge is 0.481 e. The van der Waals surface area contributed by atoms with Gasteiger partial charge < -0.3 is 15.2 Å². The Balaban J connectivity index is 4.85. The minimum absolute atomic E-state index is 0.222. The molecule has 0 aliphatic rings. The number of ether oxygens (including phenoxy) is 1. The van der Waals surface area contributed by atoms with E-state index in [0.717, 1.165) is 0 Å². The number of carbonyl (C=O) groups excluding carboxylic acids is 2. The summed E-state index contributed by atoms with van der Waals surface area (Å²) in [6.07, 6.45) is -0.398. The van der Waals surface area contributed by atoms with Gasteiger partial charge in [0.1, 0.15) is 6.10 Å². The Labute approximate surface area is 107 Å². The molecule has 0 aromatic carbocycles. The van der Waals surface area contributed by atoms with E-state index in [0.29, 0.717) is 6.42 Å². The molecular formula is C12H21NO5. The molecule has 0 bridgehead atoms. The first kappa shape index (κ1) is 16.4. The van der Waals surface area contributed by atoms with Crippen LogP contribution in [0, 0.1) is 5.92 Å². The topological polar surface area (TPSA) is 92.7 Å². The average Bonchev–Trinajstić information content (AvgIpc) is 2.12. The number of carbonyl (C=O) groups is 3. The van der Waals surface area contributed by atoms with Crippen molar-refractivity contribution in [1.82, 2.24) is 5.32 Å². The summed E-state index contributed by atoms with van der Waals surface area (Å²) >= 11 is 0. The Kier molecular flexibility index (Phi) is 7.00. The number of rotatable bonds is 7. The van der Waals surface area contributed by atoms with E-state index in [1.807, 2.05) is 13.8 Å². The third kappa shape index (κ3) is 7.65. The monoisotopic (exact) mass is 259 g/mol. The number of nitrogens with one attached hydrogen (secondary N) is 1. The number of aliphatic carboxylic acids is 1. The molecule has 0 heterocycles. The molecule has 6 heteroatoms. The Bertz CT molecular complexity index is 298. The zero-order chi connectivity index (χ0) is 14.3. The van der Waals surface area contributed by atoms with Crippen molar-refractivity contribution in [2.24, 2.45) is 5.92 Å². The molecule has 104 valence electrons. The summed E-state index contributed by atoms with van der Waals surface area (Å²) in [5, 5.41) is 11.3. The Morgan fingerprint density at radius 3 is 2.11 bits per heavy atom. The van der Waals surface area contributed by atoms with Crippen LogP contribution in [0.4, 0.5) is 0 Å². The van der Waals surface area contributed by atoms with Gasteiger partial charge in [0, 0.05) is 13.8 Å². The highest BCUT2D eigenvalue weighted by Gasteiger charge is 2.28. The predicted molar refractivity (Wildman–Crippen MR) is 64.9 cm³/mol. The van der Waals surface area contributed by atoms with Gasteiger partial charge in [0.2, 0.25) is 5.91 Å². The molecule has 0 unspecified atom stereocenters. The van der Waals surface area contributed by atoms with Crippen LogP contribution >= 0.6 is 0 Å². The molecule has 0 aromatic heterocycles. The van der Waals surface area contributed by atoms with E-state index in [-0.39, 0.29) is 18.2 Å². The number of hydrogen-bond donors (Lipinski definition) is 2. The second-order valence-corrected chi connectivity index (χ2v) is 4.68. The van der Waals surface area contributed by atoms with Gasteiger partial charge >= 0.3 is 11.9 Å². The van der Waals surface area contributed by atoms with E-state index < -0.39 is 24.1 Å². The van der Waals surface area contributed by atoms with Crippen molar-refractivity contribution in [1.29, 1.82) is 0 Å². The molecule has 18 heavy (non-hydrogen) atoms. The summed E-state index contributed by atoms with van der Waals surface area (Å²) in [5.41, 5.74) is 0. The third-order valence-electron chi connectivity index (χ3n) is 2.25. The van der Waals surface area contributed by atoms with Crippen molar-refractivity contribution in [2.75, 3.05) is 0 Å². The van der Waals surface area contributed by atoms with E-state index in [1.165, 1.54) is 13.8 Å². The minimum atomic E-state index is -1.05. The Hall–Kier alpha value is -1.59. The number of carboxylic acid groups (broad SMARTS) is 1. The SMILES string of the molecule is CC(=O)N[C@@H](CC(=O)O)[C@@H](CC(C)C)OC(C)=O. The molecule has 0 spiro atoms. The number of amides is 1. The average molecular weight is 259 g/mol. The van der Waals surface area contributed by atoms with Crippen molar-refractivity contribution in [3.8, 4) is 0 Å². The van der Waals surface area contributed by atoms with Gasteiger partial charge in [-0.1, -0.05) is 13.8 Å². The van der Waals surface area contributed by atoms with Crippen LogP contribution in [0.2, 0.25) is 0 Å². The highest BCUT2D eigenvalue weighted by molar-refractivity contribution is 5.75. The smallest absolute Gasteiger partial charge is 0.305 e. The number of carboxylic acids is 1. The third-order valence-corrected chi connectivity index (χ3v) is 2.25. The summed E-state index contributed by atoms with van der Waals surface area (Å²) in [5.74, 6) is -1.65. The highest BCUT2D eigenvalue weighted by Crippen LogP contribution is 2.15. The van der Waals surface area contributed by atoms with Crippen LogP contribution < -0.4 is 5.32 Å². The fourth-order valence-electron chi connectivity index (χ4n) is 1.70. The molecule has 0 aliphatic carbocycles. The molecule has 6 nitrogen and oxygen atoms in total. The van der Waals surface area contributed by atoms with Gasteiger partial charge in [0.25, 0.3) is 0 Å². The van der Waals surface area contributed by atoms with Gasteiger partial charge in [-0.15, -0.1) is 0 Å². The highest BCUT2D eigenvalue weighted by atomic mass is 16.5. The lowest BCUT2D eigenvalue weighted by Gasteiger charge is -2.27. The molecule has 0 saturated carbocycles. The molecule has 1 amide bonds. The van der Waals surface area contributed by atoms with Crippen molar-refractivity contribution >= 4 is 17.8 Å². The van der Waals surface area contributed by atoms with Crippen LogP contribution in [-0.2, 0) is 19.1 Å². The van der Waals surface area contributed by atoms with E-state index in [2.05, 4.69) is 5.32 Å². The Morgan fingerprint density at radius 2 is 1.78 bits per heavy atom. The van der Waals surface area contributed by atoms with Gasteiger partial charge in [-0.2, -0.15) is 0 Å². The van der Waals surface area contributed by atoms with Gasteiger partial charge in [-0.25, -0.2) is 0 Å². The first-order valence-corrected chi connectivity index (χ1v) is 5.88. The maximum Gasteiger partial charge on any atom is 0.305 e. The van der Waals surface area contributed by atoms with Gasteiger partial charge in [0.15, 0.2) is 0 Å². The zero-order valence-corrected chi connectivity index (χ0v) is 11.2. The molecule has 0 aromatic rings. The molecular weight excluding hydrogens is 238 g/mol. The molecule has 0 rings (SSSR count).